The number of benzene rings is 2. The minimum atomic E-state index is -0.317. The minimum absolute atomic E-state index is 0.219. The largest absolute Gasteiger partial charge is 0.347 e. The van der Waals surface area contributed by atoms with E-state index in [2.05, 4.69) is 39.5 Å². The lowest BCUT2D eigenvalue weighted by Crippen LogP contribution is -2.25. The van der Waals surface area contributed by atoms with Crippen LogP contribution in [0.15, 0.2) is 61.1 Å². The average Bonchev–Trinajstić information content (AvgIpc) is 3.40. The maximum Gasteiger partial charge on any atom is 0.270 e. The molecule has 2 aromatic carbocycles. The van der Waals surface area contributed by atoms with Gasteiger partial charge in [0.25, 0.3) is 5.91 Å². The van der Waals surface area contributed by atoms with Crippen LogP contribution in [0.25, 0.3) is 5.69 Å². The molecule has 6 heteroatoms. The fraction of sp³-hybridized carbons (Fsp3) is 0.273. The van der Waals surface area contributed by atoms with Crippen LogP contribution in [0.3, 0.4) is 0 Å². The highest BCUT2D eigenvalue weighted by Gasteiger charge is 2.14. The topological polar surface area (TPSA) is 50.2 Å². The van der Waals surface area contributed by atoms with Crippen molar-refractivity contribution in [3.05, 3.63) is 83.7 Å². The monoisotopic (exact) mass is 378 g/mol. The Kier molecular flexibility index (Phi) is 5.48. The molecule has 0 saturated carbocycles. The summed E-state index contributed by atoms with van der Waals surface area (Å²) >= 11 is 0. The molecule has 0 atom stereocenters. The van der Waals surface area contributed by atoms with Crippen molar-refractivity contribution in [3.63, 3.8) is 0 Å². The van der Waals surface area contributed by atoms with E-state index in [9.17, 15) is 9.18 Å². The fourth-order valence-corrected chi connectivity index (χ4v) is 3.50. The Morgan fingerprint density at radius 1 is 1.00 bits per heavy atom. The summed E-state index contributed by atoms with van der Waals surface area (Å²) in [5.74, 6) is -0.536. The van der Waals surface area contributed by atoms with Gasteiger partial charge in [0.2, 0.25) is 0 Å². The molecule has 1 fully saturated rings. The summed E-state index contributed by atoms with van der Waals surface area (Å²) in [6.45, 7) is 3.79. The highest BCUT2D eigenvalue weighted by molar-refractivity contribution is 5.92. The van der Waals surface area contributed by atoms with Crippen molar-refractivity contribution in [2.24, 2.45) is 0 Å². The number of amides is 1. The van der Waals surface area contributed by atoms with Crippen molar-refractivity contribution in [1.29, 1.82) is 0 Å². The van der Waals surface area contributed by atoms with Gasteiger partial charge in [-0.3, -0.25) is 14.3 Å². The van der Waals surface area contributed by atoms with E-state index >= 15 is 0 Å². The number of hydrogen-bond donors (Lipinski definition) is 1. The lowest BCUT2D eigenvalue weighted by atomic mass is 10.1. The number of nitrogens with one attached hydrogen (secondary N) is 1. The van der Waals surface area contributed by atoms with Crippen LogP contribution >= 0.6 is 0 Å². The van der Waals surface area contributed by atoms with Crippen molar-refractivity contribution < 1.29 is 9.18 Å². The Morgan fingerprint density at radius 2 is 1.68 bits per heavy atom. The molecule has 0 spiro atoms. The SMILES string of the molecule is O=C(NCc1ccc(CN2CCCC2)cc1)c1cncn1-c1ccc(F)cc1. The molecule has 1 aromatic heterocycles. The molecule has 1 saturated heterocycles. The minimum Gasteiger partial charge on any atom is -0.347 e. The summed E-state index contributed by atoms with van der Waals surface area (Å²) in [5.41, 5.74) is 3.45. The summed E-state index contributed by atoms with van der Waals surface area (Å²) in [4.78, 5) is 19.1. The van der Waals surface area contributed by atoms with Gasteiger partial charge in [0.1, 0.15) is 11.5 Å². The second-order valence-corrected chi connectivity index (χ2v) is 7.11. The van der Waals surface area contributed by atoms with Gasteiger partial charge in [0, 0.05) is 18.8 Å². The first-order chi connectivity index (χ1) is 13.7. The molecule has 4 rings (SSSR count). The first-order valence-corrected chi connectivity index (χ1v) is 9.56. The Hall–Kier alpha value is -2.99. The first-order valence-electron chi connectivity index (χ1n) is 9.56. The lowest BCUT2D eigenvalue weighted by Gasteiger charge is -2.14. The number of likely N-dealkylation sites (tertiary alicyclic amines) is 1. The van der Waals surface area contributed by atoms with E-state index in [4.69, 9.17) is 0 Å². The van der Waals surface area contributed by atoms with E-state index < -0.39 is 0 Å². The Labute approximate surface area is 163 Å². The maximum absolute atomic E-state index is 13.1. The van der Waals surface area contributed by atoms with E-state index in [-0.39, 0.29) is 11.7 Å². The average molecular weight is 378 g/mol. The molecule has 1 N–H and O–H groups in total. The van der Waals surface area contributed by atoms with Crippen LogP contribution in [0.2, 0.25) is 0 Å². The zero-order chi connectivity index (χ0) is 19.3. The quantitative estimate of drug-likeness (QED) is 0.714. The molecule has 144 valence electrons. The van der Waals surface area contributed by atoms with Gasteiger partial charge in [-0.1, -0.05) is 24.3 Å². The molecule has 0 radical (unpaired) electrons. The predicted molar refractivity (Wildman–Crippen MR) is 106 cm³/mol. The van der Waals surface area contributed by atoms with Gasteiger partial charge in [-0.25, -0.2) is 9.37 Å². The number of imidazole rings is 1. The molecular formula is C22H23FN4O. The predicted octanol–water partition coefficient (Wildman–Crippen LogP) is 3.54. The third-order valence-corrected chi connectivity index (χ3v) is 5.06. The number of rotatable bonds is 6. The van der Waals surface area contributed by atoms with Crippen LogP contribution < -0.4 is 5.32 Å². The Balaban J connectivity index is 1.37. The molecule has 5 nitrogen and oxygen atoms in total. The van der Waals surface area contributed by atoms with E-state index in [0.717, 1.165) is 12.1 Å². The smallest absolute Gasteiger partial charge is 0.270 e. The molecular weight excluding hydrogens is 355 g/mol. The molecule has 28 heavy (non-hydrogen) atoms. The molecule has 1 aliphatic rings. The van der Waals surface area contributed by atoms with E-state index in [1.165, 1.54) is 49.8 Å². The molecule has 0 aliphatic carbocycles. The highest BCUT2D eigenvalue weighted by Crippen LogP contribution is 2.14. The van der Waals surface area contributed by atoms with Crippen LogP contribution in [0, 0.1) is 5.82 Å². The first kappa shape index (κ1) is 18.4. The third kappa shape index (κ3) is 4.28. The van der Waals surface area contributed by atoms with E-state index in [1.807, 2.05) is 0 Å². The molecule has 1 amide bonds. The van der Waals surface area contributed by atoms with Gasteiger partial charge in [-0.05, 0) is 61.3 Å². The van der Waals surface area contributed by atoms with Crippen molar-refractivity contribution >= 4 is 5.91 Å². The van der Waals surface area contributed by atoms with Gasteiger partial charge >= 0.3 is 0 Å². The summed E-state index contributed by atoms with van der Waals surface area (Å²) in [6.07, 6.45) is 5.64. The second kappa shape index (κ2) is 8.35. The van der Waals surface area contributed by atoms with Crippen LogP contribution in [0.5, 0.6) is 0 Å². The van der Waals surface area contributed by atoms with Crippen molar-refractivity contribution in [3.8, 4) is 5.69 Å². The normalized spacial score (nSPS) is 14.3. The summed E-state index contributed by atoms with van der Waals surface area (Å²) in [6, 6.07) is 14.3. The zero-order valence-corrected chi connectivity index (χ0v) is 15.6. The number of nitrogens with zero attached hydrogens (tertiary/aromatic N) is 3. The fourth-order valence-electron chi connectivity index (χ4n) is 3.50. The Morgan fingerprint density at radius 3 is 2.39 bits per heavy atom. The molecule has 0 unspecified atom stereocenters. The van der Waals surface area contributed by atoms with Crippen LogP contribution in [0.4, 0.5) is 4.39 Å². The van der Waals surface area contributed by atoms with Gasteiger partial charge in [-0.2, -0.15) is 0 Å². The third-order valence-electron chi connectivity index (χ3n) is 5.06. The van der Waals surface area contributed by atoms with Crippen LogP contribution in [-0.2, 0) is 13.1 Å². The maximum atomic E-state index is 13.1. The van der Waals surface area contributed by atoms with E-state index in [1.54, 1.807) is 23.0 Å². The standard InChI is InChI=1S/C22H23FN4O/c23-19-7-9-20(10-8-19)27-16-24-14-21(27)22(28)25-13-17-3-5-18(6-4-17)15-26-11-1-2-12-26/h3-10,14,16H,1-2,11-13,15H2,(H,25,28). The van der Waals surface area contributed by atoms with Gasteiger partial charge < -0.3 is 5.32 Å². The number of carbonyl (C=O) groups is 1. The summed E-state index contributed by atoms with van der Waals surface area (Å²) < 4.78 is 14.8. The van der Waals surface area contributed by atoms with Crippen molar-refractivity contribution in [2.45, 2.75) is 25.9 Å². The lowest BCUT2D eigenvalue weighted by molar-refractivity contribution is 0.0944. The van der Waals surface area contributed by atoms with Crippen molar-refractivity contribution in [2.75, 3.05) is 13.1 Å². The molecule has 3 aromatic rings. The number of hydrogen-bond acceptors (Lipinski definition) is 3. The molecule has 1 aliphatic heterocycles. The number of aromatic nitrogens is 2. The van der Waals surface area contributed by atoms with Gasteiger partial charge in [-0.15, -0.1) is 0 Å². The molecule has 2 heterocycles. The van der Waals surface area contributed by atoms with Crippen LogP contribution in [-0.4, -0.2) is 33.4 Å². The van der Waals surface area contributed by atoms with Gasteiger partial charge in [0.05, 0.1) is 12.5 Å². The summed E-state index contributed by atoms with van der Waals surface area (Å²) in [5, 5.41) is 2.93. The summed E-state index contributed by atoms with van der Waals surface area (Å²) in [7, 11) is 0. The Bertz CT molecular complexity index is 928. The highest BCUT2D eigenvalue weighted by atomic mass is 19.1. The van der Waals surface area contributed by atoms with Crippen LogP contribution in [0.1, 0.15) is 34.5 Å². The second-order valence-electron chi connectivity index (χ2n) is 7.11. The number of halogens is 1. The zero-order valence-electron chi connectivity index (χ0n) is 15.6. The molecule has 0 bridgehead atoms. The van der Waals surface area contributed by atoms with E-state index in [0.29, 0.717) is 17.9 Å². The van der Waals surface area contributed by atoms with Crippen molar-refractivity contribution in [1.82, 2.24) is 19.8 Å². The number of carbonyl (C=O) groups excluding carboxylic acids is 1. The van der Waals surface area contributed by atoms with Gasteiger partial charge in [0.15, 0.2) is 0 Å².